The quantitative estimate of drug-likeness (QED) is 0.671. The van der Waals surface area contributed by atoms with Crippen LogP contribution in [0, 0.1) is 6.92 Å². The van der Waals surface area contributed by atoms with Crippen LogP contribution in [0.15, 0.2) is 29.4 Å². The maximum Gasteiger partial charge on any atom is 0.189 e. The summed E-state index contributed by atoms with van der Waals surface area (Å²) in [4.78, 5) is 9.26. The van der Waals surface area contributed by atoms with Crippen LogP contribution < -0.4 is 10.6 Å². The minimum atomic E-state index is 0.823. The highest BCUT2D eigenvalue weighted by molar-refractivity contribution is 7.98. The second kappa shape index (κ2) is 5.81. The molecule has 104 valence electrons. The van der Waals surface area contributed by atoms with Gasteiger partial charge in [0.2, 0.25) is 0 Å². The van der Waals surface area contributed by atoms with Crippen molar-refractivity contribution in [1.29, 1.82) is 0 Å². The Morgan fingerprint density at radius 2 is 2.10 bits per heavy atom. The fraction of sp³-hybridized carbons (Fsp3) is 0.333. The molecule has 0 bridgehead atoms. The van der Waals surface area contributed by atoms with Gasteiger partial charge in [0, 0.05) is 17.8 Å². The van der Waals surface area contributed by atoms with Crippen molar-refractivity contribution in [3.05, 3.63) is 41.1 Å². The Morgan fingerprint density at radius 3 is 2.90 bits per heavy atom. The predicted molar refractivity (Wildman–Crippen MR) is 83.7 cm³/mol. The van der Waals surface area contributed by atoms with Crippen molar-refractivity contribution < 1.29 is 0 Å². The van der Waals surface area contributed by atoms with Gasteiger partial charge >= 0.3 is 0 Å². The van der Waals surface area contributed by atoms with E-state index in [0.29, 0.717) is 0 Å². The van der Waals surface area contributed by atoms with Gasteiger partial charge in [-0.3, -0.25) is 0 Å². The monoisotopic (exact) mass is 286 g/mol. The minimum Gasteiger partial charge on any atom is -0.340 e. The molecule has 20 heavy (non-hydrogen) atoms. The third-order valence-corrected chi connectivity index (χ3v) is 4.04. The molecule has 0 aliphatic carbocycles. The molecule has 0 amide bonds. The molecule has 0 radical (unpaired) electrons. The van der Waals surface area contributed by atoms with Gasteiger partial charge in [0.25, 0.3) is 0 Å². The Kier molecular flexibility index (Phi) is 3.89. The summed E-state index contributed by atoms with van der Waals surface area (Å²) in [7, 11) is 0. The maximum atomic E-state index is 4.65. The summed E-state index contributed by atoms with van der Waals surface area (Å²) in [6.07, 6.45) is 2.98. The number of aryl methyl sites for hydroxylation is 1. The molecule has 2 heterocycles. The number of hydrogen-bond acceptors (Lipinski definition) is 5. The van der Waals surface area contributed by atoms with Crippen molar-refractivity contribution in [2.24, 2.45) is 0 Å². The van der Waals surface area contributed by atoms with E-state index in [9.17, 15) is 0 Å². The van der Waals surface area contributed by atoms with Crippen LogP contribution in [-0.2, 0) is 13.0 Å². The Balaban J connectivity index is 2.02. The van der Waals surface area contributed by atoms with Crippen LogP contribution in [0.2, 0.25) is 0 Å². The number of nitrogens with zero attached hydrogens (tertiary/aromatic N) is 2. The Labute approximate surface area is 123 Å². The molecule has 4 nitrogen and oxygen atoms in total. The van der Waals surface area contributed by atoms with E-state index in [0.717, 1.165) is 41.9 Å². The van der Waals surface area contributed by atoms with E-state index in [1.807, 2.05) is 18.4 Å². The van der Waals surface area contributed by atoms with E-state index in [4.69, 9.17) is 0 Å². The summed E-state index contributed by atoms with van der Waals surface area (Å²) < 4.78 is 0. The molecule has 0 fully saturated rings. The second-order valence-corrected chi connectivity index (χ2v) is 5.62. The number of nitrogens with one attached hydrogen (secondary N) is 2. The average molecular weight is 286 g/mol. The lowest BCUT2D eigenvalue weighted by molar-refractivity contribution is 0.615. The largest absolute Gasteiger partial charge is 0.340 e. The highest BCUT2D eigenvalue weighted by Crippen LogP contribution is 2.27. The van der Waals surface area contributed by atoms with Gasteiger partial charge in [-0.1, -0.05) is 30.0 Å². The van der Waals surface area contributed by atoms with Gasteiger partial charge in [-0.15, -0.1) is 0 Å². The van der Waals surface area contributed by atoms with Gasteiger partial charge in [-0.05, 0) is 37.8 Å². The number of anilines is 2. The third kappa shape index (κ3) is 2.64. The fourth-order valence-corrected chi connectivity index (χ4v) is 2.76. The molecular weight excluding hydrogens is 268 g/mol. The first-order valence-electron chi connectivity index (χ1n) is 6.75. The van der Waals surface area contributed by atoms with E-state index in [-0.39, 0.29) is 0 Å². The molecule has 0 saturated heterocycles. The van der Waals surface area contributed by atoms with E-state index >= 15 is 0 Å². The molecule has 0 unspecified atom stereocenters. The summed E-state index contributed by atoms with van der Waals surface area (Å²) in [5.41, 5.74) is 4.69. The van der Waals surface area contributed by atoms with Crippen LogP contribution in [0.25, 0.3) is 0 Å². The summed E-state index contributed by atoms with van der Waals surface area (Å²) in [6.45, 7) is 3.91. The van der Waals surface area contributed by atoms with Crippen LogP contribution in [0.3, 0.4) is 0 Å². The summed E-state index contributed by atoms with van der Waals surface area (Å²) >= 11 is 1.58. The minimum absolute atomic E-state index is 0.823. The van der Waals surface area contributed by atoms with Crippen molar-refractivity contribution in [2.75, 3.05) is 18.1 Å². The number of thioether (sulfide) groups is 1. The van der Waals surface area contributed by atoms with E-state index in [1.54, 1.807) is 11.8 Å². The Hall–Kier alpha value is -1.59. The zero-order valence-electron chi connectivity index (χ0n) is 11.7. The number of hydrogen-bond donors (Lipinski definition) is 2. The molecule has 0 saturated carbocycles. The van der Waals surface area contributed by atoms with E-state index in [1.165, 1.54) is 11.1 Å². The van der Waals surface area contributed by atoms with E-state index in [2.05, 4.69) is 39.7 Å². The van der Waals surface area contributed by atoms with Gasteiger partial charge in [-0.25, -0.2) is 9.97 Å². The molecule has 0 spiro atoms. The van der Waals surface area contributed by atoms with Crippen molar-refractivity contribution in [1.82, 2.24) is 15.3 Å². The molecule has 2 N–H and O–H groups in total. The first kappa shape index (κ1) is 13.4. The summed E-state index contributed by atoms with van der Waals surface area (Å²) in [6, 6.07) is 8.28. The molecule has 3 rings (SSSR count). The lowest BCUT2D eigenvalue weighted by atomic mass is 10.1. The standard InChI is InChI=1S/C15H18N4S/c1-10-5-3-4-6-12(10)17-14-11-7-8-16-9-13(11)18-15(19-14)20-2/h3-6,16H,7-9H2,1-2H3,(H,17,18,19). The number of para-hydroxylation sites is 1. The molecule has 1 aromatic carbocycles. The zero-order chi connectivity index (χ0) is 13.9. The molecule has 1 aromatic heterocycles. The number of fused-ring (bicyclic) bond motifs is 1. The topological polar surface area (TPSA) is 49.8 Å². The van der Waals surface area contributed by atoms with Crippen molar-refractivity contribution >= 4 is 23.3 Å². The molecule has 5 heteroatoms. The fourth-order valence-electron chi connectivity index (χ4n) is 2.37. The molecule has 0 atom stereocenters. The third-order valence-electron chi connectivity index (χ3n) is 3.50. The second-order valence-electron chi connectivity index (χ2n) is 4.85. The first-order valence-corrected chi connectivity index (χ1v) is 7.97. The van der Waals surface area contributed by atoms with Crippen molar-refractivity contribution in [3.8, 4) is 0 Å². The van der Waals surface area contributed by atoms with Gasteiger partial charge in [0.15, 0.2) is 5.16 Å². The molecule has 1 aliphatic rings. The maximum absolute atomic E-state index is 4.65. The van der Waals surface area contributed by atoms with Crippen LogP contribution in [-0.4, -0.2) is 22.8 Å². The Morgan fingerprint density at radius 1 is 1.25 bits per heavy atom. The number of aromatic nitrogens is 2. The SMILES string of the molecule is CSc1nc2c(c(Nc3ccccc3C)n1)CCNC2. The number of benzene rings is 1. The van der Waals surface area contributed by atoms with Crippen LogP contribution in [0.5, 0.6) is 0 Å². The van der Waals surface area contributed by atoms with Crippen molar-refractivity contribution in [3.63, 3.8) is 0 Å². The predicted octanol–water partition coefficient (Wildman–Crippen LogP) is 2.90. The lowest BCUT2D eigenvalue weighted by Crippen LogP contribution is -2.26. The smallest absolute Gasteiger partial charge is 0.189 e. The number of rotatable bonds is 3. The van der Waals surface area contributed by atoms with Crippen LogP contribution >= 0.6 is 11.8 Å². The van der Waals surface area contributed by atoms with Gasteiger partial charge in [0.05, 0.1) is 5.69 Å². The van der Waals surface area contributed by atoms with Gasteiger partial charge in [-0.2, -0.15) is 0 Å². The molecule has 1 aliphatic heterocycles. The van der Waals surface area contributed by atoms with Gasteiger partial charge < -0.3 is 10.6 Å². The normalized spacial score (nSPS) is 13.9. The highest BCUT2D eigenvalue weighted by Gasteiger charge is 2.17. The van der Waals surface area contributed by atoms with Crippen LogP contribution in [0.4, 0.5) is 11.5 Å². The Bertz CT molecular complexity index is 627. The van der Waals surface area contributed by atoms with E-state index < -0.39 is 0 Å². The average Bonchev–Trinajstić information content (AvgIpc) is 2.49. The zero-order valence-corrected chi connectivity index (χ0v) is 12.5. The van der Waals surface area contributed by atoms with Crippen molar-refractivity contribution in [2.45, 2.75) is 25.0 Å². The molecular formula is C15H18N4S. The van der Waals surface area contributed by atoms with Crippen LogP contribution in [0.1, 0.15) is 16.8 Å². The van der Waals surface area contributed by atoms with Gasteiger partial charge in [0.1, 0.15) is 5.82 Å². The lowest BCUT2D eigenvalue weighted by Gasteiger charge is -2.20. The summed E-state index contributed by atoms with van der Waals surface area (Å²) in [5.74, 6) is 0.954. The summed E-state index contributed by atoms with van der Waals surface area (Å²) in [5, 5.41) is 7.67. The molecule has 2 aromatic rings. The first-order chi connectivity index (χ1) is 9.78. The highest BCUT2D eigenvalue weighted by atomic mass is 32.2.